The van der Waals surface area contributed by atoms with Crippen LogP contribution in [-0.2, 0) is 17.8 Å². The number of hydrogen-bond acceptors (Lipinski definition) is 9. The second-order valence-corrected chi connectivity index (χ2v) is 14.4. The number of amides is 1. The van der Waals surface area contributed by atoms with Gasteiger partial charge in [0.15, 0.2) is 0 Å². The number of ether oxygens (including phenoxy) is 1. The number of aliphatic hydroxyl groups excluding tert-OH is 2. The van der Waals surface area contributed by atoms with Gasteiger partial charge in [0.1, 0.15) is 31.0 Å². The van der Waals surface area contributed by atoms with Gasteiger partial charge < -0.3 is 25.6 Å². The number of pyridine rings is 1. The zero-order valence-corrected chi connectivity index (χ0v) is 29.5. The van der Waals surface area contributed by atoms with E-state index in [9.17, 15) is 28.2 Å². The van der Waals surface area contributed by atoms with Crippen LogP contribution in [0.25, 0.3) is 10.4 Å². The van der Waals surface area contributed by atoms with Crippen molar-refractivity contribution in [3.05, 3.63) is 120 Å². The molecule has 5 atom stereocenters. The Morgan fingerprint density at radius 2 is 1.85 bits per heavy atom. The number of carbonyl (C=O) groups excluding carboxylic acids is 1. The molecule has 4 heterocycles. The van der Waals surface area contributed by atoms with E-state index in [-0.39, 0.29) is 32.0 Å². The van der Waals surface area contributed by atoms with Crippen LogP contribution in [-0.4, -0.2) is 94.7 Å². The molecule has 0 unspecified atom stereocenters. The first-order valence-electron chi connectivity index (χ1n) is 17.4. The molecule has 0 radical (unpaired) electrons. The summed E-state index contributed by atoms with van der Waals surface area (Å²) in [5.41, 5.74) is 4.38. The van der Waals surface area contributed by atoms with Crippen LogP contribution < -0.4 is 15.4 Å². The SMILES string of the molecule is C=C(N[C@H]1c2ccccc2OC[C@H]1O)[C@H](Cc1ccccc1)C[C@H](O)CN1CCN(Cc2cncc(-c3cccs3)c2)C[C@H]1C(=O)NCC(F)(F)F. The second-order valence-electron chi connectivity index (χ2n) is 13.5. The smallest absolute Gasteiger partial charge is 0.405 e. The van der Waals surface area contributed by atoms with E-state index in [2.05, 4.69) is 22.2 Å². The maximum atomic E-state index is 13.3. The summed E-state index contributed by atoms with van der Waals surface area (Å²) in [5.74, 6) is -0.335. The third-order valence-electron chi connectivity index (χ3n) is 9.56. The molecule has 2 aliphatic rings. The molecular formula is C39H44F3N5O4S. The quantitative estimate of drug-likeness (QED) is 0.140. The molecular weight excluding hydrogens is 692 g/mol. The number of alkyl halides is 3. The van der Waals surface area contributed by atoms with Gasteiger partial charge in [-0.3, -0.25) is 19.6 Å². The zero-order chi connectivity index (χ0) is 36.7. The summed E-state index contributed by atoms with van der Waals surface area (Å²) in [7, 11) is 0. The third kappa shape index (κ3) is 9.98. The molecule has 52 heavy (non-hydrogen) atoms. The number of nitrogens with one attached hydrogen (secondary N) is 2. The zero-order valence-electron chi connectivity index (χ0n) is 28.7. The number of allylic oxidation sites excluding steroid dienone is 1. The Morgan fingerprint density at radius 1 is 1.06 bits per heavy atom. The van der Waals surface area contributed by atoms with Crippen LogP contribution in [0.4, 0.5) is 13.2 Å². The molecule has 276 valence electrons. The number of fused-ring (bicyclic) bond motifs is 1. The van der Waals surface area contributed by atoms with E-state index in [1.54, 1.807) is 28.6 Å². The third-order valence-corrected chi connectivity index (χ3v) is 10.5. The summed E-state index contributed by atoms with van der Waals surface area (Å²) >= 11 is 1.61. The molecule has 1 saturated heterocycles. The predicted octanol–water partition coefficient (Wildman–Crippen LogP) is 5.18. The first kappa shape index (κ1) is 37.5. The molecule has 1 fully saturated rings. The van der Waals surface area contributed by atoms with Gasteiger partial charge in [-0.15, -0.1) is 11.3 Å². The van der Waals surface area contributed by atoms with Crippen molar-refractivity contribution in [2.45, 2.75) is 49.9 Å². The fourth-order valence-electron chi connectivity index (χ4n) is 6.96. The van der Waals surface area contributed by atoms with Crippen molar-refractivity contribution in [2.24, 2.45) is 5.92 Å². The van der Waals surface area contributed by atoms with Crippen molar-refractivity contribution in [3.63, 3.8) is 0 Å². The number of aliphatic hydroxyl groups is 2. The largest absolute Gasteiger partial charge is 0.490 e. The van der Waals surface area contributed by atoms with E-state index in [1.165, 1.54) is 0 Å². The van der Waals surface area contributed by atoms with E-state index in [4.69, 9.17) is 4.74 Å². The van der Waals surface area contributed by atoms with E-state index >= 15 is 0 Å². The highest BCUT2D eigenvalue weighted by molar-refractivity contribution is 7.13. The minimum atomic E-state index is -4.56. The Bertz CT molecular complexity index is 1780. The molecule has 4 N–H and O–H groups in total. The molecule has 0 spiro atoms. The molecule has 0 aliphatic carbocycles. The molecule has 9 nitrogen and oxygen atoms in total. The number of carbonyl (C=O) groups is 1. The Balaban J connectivity index is 1.15. The molecule has 2 aromatic carbocycles. The standard InChI is InChI=1S/C39H44F3N5O4S/c1-26(45-37-32-10-5-6-11-35(32)51-24-34(37)49)29(16-27-8-3-2-4-9-27)18-31(48)22-47-14-13-46(23-33(47)38(50)44-25-39(40,41)42)21-28-17-30(20-43-19-28)36-12-7-15-52-36/h2-12,15,17,19-20,29,31,33-34,37,45,48-49H,1,13-14,16,18,21-25H2,(H,44,50)/t29-,31+,33+,34-,37+/m1/s1. The number of thiophene rings is 1. The van der Waals surface area contributed by atoms with Crippen LogP contribution in [0.2, 0.25) is 0 Å². The first-order valence-corrected chi connectivity index (χ1v) is 18.3. The highest BCUT2D eigenvalue weighted by Gasteiger charge is 2.37. The highest BCUT2D eigenvalue weighted by Crippen LogP contribution is 2.34. The van der Waals surface area contributed by atoms with Gasteiger partial charge in [0.25, 0.3) is 0 Å². The molecule has 6 rings (SSSR count). The minimum absolute atomic E-state index is 0.0780. The second kappa shape index (κ2) is 17.0. The van der Waals surface area contributed by atoms with Crippen molar-refractivity contribution in [2.75, 3.05) is 39.3 Å². The Morgan fingerprint density at radius 3 is 2.62 bits per heavy atom. The molecule has 4 aromatic rings. The number of para-hydroxylation sites is 1. The summed E-state index contributed by atoms with van der Waals surface area (Å²) < 4.78 is 45.2. The van der Waals surface area contributed by atoms with Crippen LogP contribution in [0.3, 0.4) is 0 Å². The minimum Gasteiger partial charge on any atom is -0.490 e. The van der Waals surface area contributed by atoms with Crippen LogP contribution in [0.15, 0.2) is 103 Å². The maximum absolute atomic E-state index is 13.3. The van der Waals surface area contributed by atoms with Gasteiger partial charge >= 0.3 is 6.18 Å². The number of β-amino-alcohol motifs (C(OH)–C–C–N with tert-alkyl or cyclic N) is 1. The molecule has 0 saturated carbocycles. The van der Waals surface area contributed by atoms with E-state index in [0.717, 1.165) is 27.1 Å². The summed E-state index contributed by atoms with van der Waals surface area (Å²) in [6.45, 7) is 4.67. The molecule has 1 amide bonds. The lowest BCUT2D eigenvalue weighted by atomic mass is 9.89. The lowest BCUT2D eigenvalue weighted by Gasteiger charge is -2.41. The fourth-order valence-corrected chi connectivity index (χ4v) is 7.67. The van der Waals surface area contributed by atoms with Gasteiger partial charge in [-0.25, -0.2) is 0 Å². The molecule has 2 aromatic heterocycles. The predicted molar refractivity (Wildman–Crippen MR) is 194 cm³/mol. The van der Waals surface area contributed by atoms with Crippen LogP contribution in [0, 0.1) is 5.92 Å². The fraction of sp³-hybridized carbons (Fsp3) is 0.385. The Kier molecular flexibility index (Phi) is 12.3. The van der Waals surface area contributed by atoms with Crippen molar-refractivity contribution in [3.8, 4) is 16.2 Å². The summed E-state index contributed by atoms with van der Waals surface area (Å²) in [6, 6.07) is 21.9. The monoisotopic (exact) mass is 735 g/mol. The lowest BCUT2D eigenvalue weighted by Crippen LogP contribution is -2.60. The summed E-state index contributed by atoms with van der Waals surface area (Å²) in [5, 5.41) is 30.0. The lowest BCUT2D eigenvalue weighted by molar-refractivity contribution is -0.143. The number of hydrogen-bond donors (Lipinski definition) is 4. The van der Waals surface area contributed by atoms with Crippen LogP contribution in [0.1, 0.15) is 29.2 Å². The van der Waals surface area contributed by atoms with Gasteiger partial charge in [0, 0.05) is 72.7 Å². The van der Waals surface area contributed by atoms with Crippen molar-refractivity contribution in [1.82, 2.24) is 25.4 Å². The highest BCUT2D eigenvalue weighted by atomic mass is 32.1. The first-order chi connectivity index (χ1) is 25.0. The Labute approximate surface area is 305 Å². The van der Waals surface area contributed by atoms with Gasteiger partial charge in [-0.2, -0.15) is 13.2 Å². The van der Waals surface area contributed by atoms with E-state index in [1.807, 2.05) is 83.1 Å². The molecule has 2 aliphatic heterocycles. The van der Waals surface area contributed by atoms with E-state index < -0.39 is 42.9 Å². The normalized spacial score (nSPS) is 20.7. The summed E-state index contributed by atoms with van der Waals surface area (Å²) in [4.78, 5) is 22.6. The van der Waals surface area contributed by atoms with Crippen LogP contribution >= 0.6 is 11.3 Å². The van der Waals surface area contributed by atoms with Crippen molar-refractivity contribution in [1.29, 1.82) is 0 Å². The van der Waals surface area contributed by atoms with Gasteiger partial charge in [-0.05, 0) is 47.5 Å². The van der Waals surface area contributed by atoms with Gasteiger partial charge in [-0.1, -0.05) is 61.2 Å². The number of piperazine rings is 1. The average molecular weight is 736 g/mol. The van der Waals surface area contributed by atoms with Crippen LogP contribution in [0.5, 0.6) is 5.75 Å². The number of halogens is 3. The average Bonchev–Trinajstić information content (AvgIpc) is 3.68. The van der Waals surface area contributed by atoms with Crippen molar-refractivity contribution >= 4 is 17.2 Å². The van der Waals surface area contributed by atoms with E-state index in [0.29, 0.717) is 37.5 Å². The summed E-state index contributed by atoms with van der Waals surface area (Å²) in [6.07, 6.45) is -1.95. The molecule has 0 bridgehead atoms. The maximum Gasteiger partial charge on any atom is 0.405 e. The molecule has 13 heteroatoms. The number of nitrogens with zero attached hydrogens (tertiary/aromatic N) is 3. The topological polar surface area (TPSA) is 110 Å². The van der Waals surface area contributed by atoms with Gasteiger partial charge in [0.2, 0.25) is 5.91 Å². The van der Waals surface area contributed by atoms with Crippen molar-refractivity contribution < 1.29 is 32.9 Å². The number of rotatable bonds is 14. The number of aromatic nitrogens is 1. The number of benzene rings is 2. The Hall–Kier alpha value is -4.27. The van der Waals surface area contributed by atoms with Gasteiger partial charge in [0.05, 0.1) is 12.1 Å².